The first kappa shape index (κ1) is 24.9. The average molecular weight is 470 g/mol. The van der Waals surface area contributed by atoms with Gasteiger partial charge in [-0.1, -0.05) is 63.1 Å². The molecule has 2 aromatic rings. The van der Waals surface area contributed by atoms with Crippen molar-refractivity contribution < 1.29 is 22.7 Å². The third kappa shape index (κ3) is 6.85. The third-order valence-electron chi connectivity index (χ3n) is 5.74. The number of benzene rings is 2. The first-order chi connectivity index (χ1) is 15.8. The van der Waals surface area contributed by atoms with Crippen LogP contribution in [0.4, 0.5) is 0 Å². The number of rotatable bonds is 8. The van der Waals surface area contributed by atoms with Gasteiger partial charge in [-0.15, -0.1) is 0 Å². The Kier molecular flexibility index (Phi) is 8.58. The van der Waals surface area contributed by atoms with Crippen molar-refractivity contribution in [2.24, 2.45) is 0 Å². The van der Waals surface area contributed by atoms with Crippen LogP contribution in [0.2, 0.25) is 0 Å². The average Bonchev–Trinajstić information content (AvgIpc) is 3.12. The maximum Gasteiger partial charge on any atom is 0.331 e. The maximum absolute atomic E-state index is 12.8. The number of hydrogen-bond donors (Lipinski definition) is 0. The van der Waals surface area contributed by atoms with Gasteiger partial charge in [0.25, 0.3) is 0 Å². The summed E-state index contributed by atoms with van der Waals surface area (Å²) < 4.78 is 32.3. The van der Waals surface area contributed by atoms with E-state index in [1.54, 1.807) is 40.7 Å². The van der Waals surface area contributed by atoms with Gasteiger partial charge in [-0.2, -0.15) is 4.31 Å². The molecule has 0 amide bonds. The van der Waals surface area contributed by atoms with E-state index in [2.05, 4.69) is 13.8 Å². The second kappa shape index (κ2) is 11.4. The molecular weight excluding hydrogens is 438 g/mol. The lowest BCUT2D eigenvalue weighted by Gasteiger charge is -2.19. The van der Waals surface area contributed by atoms with Crippen molar-refractivity contribution in [2.75, 3.05) is 19.7 Å². The van der Waals surface area contributed by atoms with Crippen molar-refractivity contribution in [1.29, 1.82) is 0 Å². The number of esters is 1. The summed E-state index contributed by atoms with van der Waals surface area (Å²) in [7, 11) is -3.51. The number of Topliss-reactive ketones (excluding diaryl/α,β-unsaturated/α-hetero) is 1. The van der Waals surface area contributed by atoms with Crippen LogP contribution >= 0.6 is 0 Å². The van der Waals surface area contributed by atoms with Crippen LogP contribution in [0.1, 0.15) is 66.9 Å². The first-order valence-corrected chi connectivity index (χ1v) is 12.8. The van der Waals surface area contributed by atoms with Gasteiger partial charge in [-0.05, 0) is 48.1 Å². The Hall–Kier alpha value is -2.77. The summed E-state index contributed by atoms with van der Waals surface area (Å²) in [4.78, 5) is 24.5. The zero-order valence-electron chi connectivity index (χ0n) is 19.2. The van der Waals surface area contributed by atoms with E-state index in [4.69, 9.17) is 4.74 Å². The highest BCUT2D eigenvalue weighted by atomic mass is 32.2. The van der Waals surface area contributed by atoms with Crippen LogP contribution in [0.3, 0.4) is 0 Å². The van der Waals surface area contributed by atoms with Gasteiger partial charge >= 0.3 is 5.97 Å². The molecule has 1 aliphatic heterocycles. The lowest BCUT2D eigenvalue weighted by Crippen LogP contribution is -2.31. The Morgan fingerprint density at radius 3 is 2.12 bits per heavy atom. The standard InChI is InChI=1S/C26H31NO5S/c1-20(2)22-10-12-23(13-11-22)25(28)19-32-26(29)16-9-21-7-14-24(15-8-21)33(30,31)27-17-5-3-4-6-18-27/h7-16,20H,3-6,17-19H2,1-2H3. The van der Waals surface area contributed by atoms with E-state index in [0.29, 0.717) is 30.1 Å². The van der Waals surface area contributed by atoms with Crippen LogP contribution in [-0.2, 0) is 19.6 Å². The molecule has 0 aromatic heterocycles. The van der Waals surface area contributed by atoms with E-state index < -0.39 is 16.0 Å². The van der Waals surface area contributed by atoms with Gasteiger partial charge in [0.1, 0.15) is 0 Å². The third-order valence-corrected chi connectivity index (χ3v) is 7.65. The summed E-state index contributed by atoms with van der Waals surface area (Å²) in [6.45, 7) is 4.92. The Morgan fingerprint density at radius 2 is 1.55 bits per heavy atom. The molecule has 0 unspecified atom stereocenters. The molecule has 1 heterocycles. The Labute approximate surface area is 196 Å². The maximum atomic E-state index is 12.8. The van der Waals surface area contributed by atoms with Gasteiger partial charge < -0.3 is 4.74 Å². The van der Waals surface area contributed by atoms with Crippen LogP contribution in [0.25, 0.3) is 6.08 Å². The van der Waals surface area contributed by atoms with Crippen molar-refractivity contribution in [3.8, 4) is 0 Å². The molecule has 3 rings (SSSR count). The van der Waals surface area contributed by atoms with Gasteiger partial charge in [0.05, 0.1) is 4.90 Å². The van der Waals surface area contributed by atoms with Crippen molar-refractivity contribution in [3.05, 3.63) is 71.3 Å². The zero-order valence-corrected chi connectivity index (χ0v) is 20.0. The predicted molar refractivity (Wildman–Crippen MR) is 129 cm³/mol. The summed E-state index contributed by atoms with van der Waals surface area (Å²) in [5.41, 5.74) is 2.30. The molecule has 1 saturated heterocycles. The van der Waals surface area contributed by atoms with Crippen molar-refractivity contribution in [2.45, 2.75) is 50.3 Å². The highest BCUT2D eigenvalue weighted by Crippen LogP contribution is 2.21. The number of ketones is 1. The molecule has 2 aromatic carbocycles. The fourth-order valence-corrected chi connectivity index (χ4v) is 5.19. The highest BCUT2D eigenvalue weighted by Gasteiger charge is 2.24. The lowest BCUT2D eigenvalue weighted by atomic mass is 10.0. The summed E-state index contributed by atoms with van der Waals surface area (Å²) >= 11 is 0. The van der Waals surface area contributed by atoms with E-state index in [0.717, 1.165) is 31.2 Å². The Bertz CT molecular complexity index is 1080. The number of sulfonamides is 1. The second-order valence-electron chi connectivity index (χ2n) is 8.53. The SMILES string of the molecule is CC(C)c1ccc(C(=O)COC(=O)C=Cc2ccc(S(=O)(=O)N3CCCCCC3)cc2)cc1. The van der Waals surface area contributed by atoms with Crippen LogP contribution in [-0.4, -0.2) is 44.2 Å². The normalized spacial score (nSPS) is 15.5. The fraction of sp³-hybridized carbons (Fsp3) is 0.385. The fourth-order valence-electron chi connectivity index (χ4n) is 3.67. The van der Waals surface area contributed by atoms with E-state index in [-0.39, 0.29) is 17.3 Å². The van der Waals surface area contributed by atoms with Crippen LogP contribution in [0.15, 0.2) is 59.5 Å². The summed E-state index contributed by atoms with van der Waals surface area (Å²) in [5.74, 6) is -0.529. The molecule has 1 fully saturated rings. The second-order valence-corrected chi connectivity index (χ2v) is 10.5. The molecule has 176 valence electrons. The number of hydrogen-bond acceptors (Lipinski definition) is 5. The van der Waals surface area contributed by atoms with Gasteiger partial charge in [0.15, 0.2) is 12.4 Å². The van der Waals surface area contributed by atoms with Crippen LogP contribution in [0, 0.1) is 0 Å². The topological polar surface area (TPSA) is 80.8 Å². The smallest absolute Gasteiger partial charge is 0.331 e. The lowest BCUT2D eigenvalue weighted by molar-refractivity contribution is -0.136. The van der Waals surface area contributed by atoms with Crippen LogP contribution in [0.5, 0.6) is 0 Å². The summed E-state index contributed by atoms with van der Waals surface area (Å²) in [6, 6.07) is 13.7. The Balaban J connectivity index is 1.54. The number of carbonyl (C=O) groups excluding carboxylic acids is 2. The number of ether oxygens (including phenoxy) is 1. The number of carbonyl (C=O) groups is 2. The summed E-state index contributed by atoms with van der Waals surface area (Å²) in [5, 5.41) is 0. The highest BCUT2D eigenvalue weighted by molar-refractivity contribution is 7.89. The molecular formula is C26H31NO5S. The van der Waals surface area contributed by atoms with Crippen molar-refractivity contribution in [3.63, 3.8) is 0 Å². The minimum atomic E-state index is -3.51. The first-order valence-electron chi connectivity index (χ1n) is 11.4. The predicted octanol–water partition coefficient (Wildman–Crippen LogP) is 4.81. The van der Waals surface area contributed by atoms with Crippen LogP contribution < -0.4 is 0 Å². The quantitative estimate of drug-likeness (QED) is 0.315. The van der Waals surface area contributed by atoms with E-state index in [1.807, 2.05) is 12.1 Å². The largest absolute Gasteiger partial charge is 0.454 e. The van der Waals surface area contributed by atoms with E-state index >= 15 is 0 Å². The molecule has 0 aliphatic carbocycles. The molecule has 0 spiro atoms. The van der Waals surface area contributed by atoms with Gasteiger partial charge in [-0.3, -0.25) is 4.79 Å². The molecule has 1 aliphatic rings. The van der Waals surface area contributed by atoms with Gasteiger partial charge in [-0.25, -0.2) is 13.2 Å². The van der Waals surface area contributed by atoms with E-state index in [1.165, 1.54) is 12.2 Å². The van der Waals surface area contributed by atoms with Gasteiger partial charge in [0.2, 0.25) is 10.0 Å². The number of nitrogens with zero attached hydrogens (tertiary/aromatic N) is 1. The molecule has 0 N–H and O–H groups in total. The van der Waals surface area contributed by atoms with Crippen molar-refractivity contribution >= 4 is 27.9 Å². The van der Waals surface area contributed by atoms with Gasteiger partial charge in [0, 0.05) is 24.7 Å². The monoisotopic (exact) mass is 469 g/mol. The molecule has 7 heteroatoms. The summed E-state index contributed by atoms with van der Waals surface area (Å²) in [6.07, 6.45) is 6.64. The van der Waals surface area contributed by atoms with E-state index in [9.17, 15) is 18.0 Å². The molecule has 0 saturated carbocycles. The molecule has 33 heavy (non-hydrogen) atoms. The van der Waals surface area contributed by atoms with Crippen molar-refractivity contribution in [1.82, 2.24) is 4.31 Å². The Morgan fingerprint density at radius 1 is 0.939 bits per heavy atom. The zero-order chi connectivity index (χ0) is 23.8. The molecule has 6 nitrogen and oxygen atoms in total. The molecule has 0 atom stereocenters. The minimum Gasteiger partial charge on any atom is -0.454 e. The minimum absolute atomic E-state index is 0.248. The molecule has 0 radical (unpaired) electrons. The molecule has 0 bridgehead atoms.